The van der Waals surface area contributed by atoms with Gasteiger partial charge in [0.1, 0.15) is 5.75 Å². The number of aryl methyl sites for hydroxylation is 1. The van der Waals surface area contributed by atoms with E-state index in [2.05, 4.69) is 45.1 Å². The van der Waals surface area contributed by atoms with Crippen LogP contribution in [0.25, 0.3) is 0 Å². The summed E-state index contributed by atoms with van der Waals surface area (Å²) in [6.07, 6.45) is 2.28. The van der Waals surface area contributed by atoms with E-state index in [1.54, 1.807) is 0 Å². The molecule has 0 spiro atoms. The van der Waals surface area contributed by atoms with Crippen molar-refractivity contribution in [3.63, 3.8) is 0 Å². The van der Waals surface area contributed by atoms with E-state index >= 15 is 0 Å². The highest BCUT2D eigenvalue weighted by atomic mass is 16.3. The van der Waals surface area contributed by atoms with Crippen molar-refractivity contribution in [2.45, 2.75) is 64.5 Å². The fourth-order valence-electron chi connectivity index (χ4n) is 3.49. The van der Waals surface area contributed by atoms with Gasteiger partial charge in [-0.15, -0.1) is 0 Å². The lowest BCUT2D eigenvalue weighted by Crippen LogP contribution is -2.57. The molecule has 2 nitrogen and oxygen atoms in total. The van der Waals surface area contributed by atoms with Crippen LogP contribution in [0.3, 0.4) is 0 Å². The van der Waals surface area contributed by atoms with Gasteiger partial charge in [0.2, 0.25) is 0 Å². The summed E-state index contributed by atoms with van der Waals surface area (Å²) in [7, 11) is 0. The lowest BCUT2D eigenvalue weighted by atomic mass is 9.73. The van der Waals surface area contributed by atoms with Crippen molar-refractivity contribution in [3.8, 4) is 5.75 Å². The molecule has 0 unspecified atom stereocenters. The minimum Gasteiger partial charge on any atom is -0.508 e. The molecule has 0 saturated carbocycles. The summed E-state index contributed by atoms with van der Waals surface area (Å²) in [6, 6.07) is 6.04. The van der Waals surface area contributed by atoms with Gasteiger partial charge >= 0.3 is 0 Å². The number of nitrogens with one attached hydrogen (secondary N) is 1. The Morgan fingerprint density at radius 3 is 2.17 bits per heavy atom. The Morgan fingerprint density at radius 1 is 1.11 bits per heavy atom. The zero-order valence-corrected chi connectivity index (χ0v) is 12.2. The summed E-state index contributed by atoms with van der Waals surface area (Å²) < 4.78 is 0. The molecular formula is C16H25NO. The molecule has 0 aliphatic carbocycles. The van der Waals surface area contributed by atoms with Crippen LogP contribution in [0.2, 0.25) is 0 Å². The van der Waals surface area contributed by atoms with Gasteiger partial charge in [-0.1, -0.05) is 12.1 Å². The lowest BCUT2D eigenvalue weighted by Gasteiger charge is -2.46. The van der Waals surface area contributed by atoms with Crippen molar-refractivity contribution in [2.24, 2.45) is 0 Å². The molecule has 1 aromatic carbocycles. The molecule has 0 atom stereocenters. The molecule has 1 aliphatic heterocycles. The molecule has 100 valence electrons. The smallest absolute Gasteiger partial charge is 0.118 e. The SMILES string of the molecule is Cc1cc(C2CC(C)(C)NC(C)(C)C2)ccc1O. The summed E-state index contributed by atoms with van der Waals surface area (Å²) in [5.74, 6) is 0.960. The fourth-order valence-corrected chi connectivity index (χ4v) is 3.49. The monoisotopic (exact) mass is 247 g/mol. The number of phenolic OH excluding ortho intramolecular Hbond substituents is 1. The van der Waals surface area contributed by atoms with Crippen LogP contribution in [-0.2, 0) is 0 Å². The number of rotatable bonds is 1. The zero-order valence-electron chi connectivity index (χ0n) is 12.2. The van der Waals surface area contributed by atoms with E-state index in [4.69, 9.17) is 0 Å². The van der Waals surface area contributed by atoms with Gasteiger partial charge in [-0.25, -0.2) is 0 Å². The molecule has 18 heavy (non-hydrogen) atoms. The van der Waals surface area contributed by atoms with Crippen molar-refractivity contribution in [2.75, 3.05) is 0 Å². The minimum atomic E-state index is 0.165. The first-order valence-electron chi connectivity index (χ1n) is 6.77. The Kier molecular flexibility index (Phi) is 3.18. The summed E-state index contributed by atoms with van der Waals surface area (Å²) in [6.45, 7) is 11.1. The molecule has 2 rings (SSSR count). The summed E-state index contributed by atoms with van der Waals surface area (Å²) in [5, 5.41) is 13.3. The molecule has 0 bridgehead atoms. The summed E-state index contributed by atoms with van der Waals surface area (Å²) in [5.41, 5.74) is 2.66. The van der Waals surface area contributed by atoms with E-state index in [1.807, 2.05) is 13.0 Å². The number of hydrogen-bond acceptors (Lipinski definition) is 2. The van der Waals surface area contributed by atoms with E-state index in [-0.39, 0.29) is 11.1 Å². The van der Waals surface area contributed by atoms with Gasteiger partial charge in [0.15, 0.2) is 0 Å². The summed E-state index contributed by atoms with van der Waals surface area (Å²) >= 11 is 0. The van der Waals surface area contributed by atoms with Crippen LogP contribution in [0.1, 0.15) is 57.6 Å². The van der Waals surface area contributed by atoms with E-state index in [0.29, 0.717) is 11.7 Å². The van der Waals surface area contributed by atoms with Crippen LogP contribution >= 0.6 is 0 Å². The van der Waals surface area contributed by atoms with Crippen LogP contribution in [-0.4, -0.2) is 16.2 Å². The van der Waals surface area contributed by atoms with Gasteiger partial charge in [0.05, 0.1) is 0 Å². The largest absolute Gasteiger partial charge is 0.508 e. The number of phenols is 1. The van der Waals surface area contributed by atoms with Crippen molar-refractivity contribution < 1.29 is 5.11 Å². The molecule has 1 fully saturated rings. The third kappa shape index (κ3) is 2.86. The maximum Gasteiger partial charge on any atom is 0.118 e. The quantitative estimate of drug-likeness (QED) is 0.792. The molecule has 1 heterocycles. The maximum absolute atomic E-state index is 9.64. The minimum absolute atomic E-state index is 0.165. The van der Waals surface area contributed by atoms with E-state index in [9.17, 15) is 5.11 Å². The first kappa shape index (κ1) is 13.4. The van der Waals surface area contributed by atoms with Gasteiger partial charge in [0, 0.05) is 11.1 Å². The molecule has 0 aromatic heterocycles. The zero-order chi connectivity index (χ0) is 13.6. The first-order chi connectivity index (χ1) is 8.19. The number of hydrogen-bond donors (Lipinski definition) is 2. The third-order valence-corrected chi connectivity index (χ3v) is 3.88. The average molecular weight is 247 g/mol. The normalized spacial score (nSPS) is 22.9. The second-order valence-electron chi connectivity index (χ2n) is 7.04. The van der Waals surface area contributed by atoms with Crippen molar-refractivity contribution in [3.05, 3.63) is 29.3 Å². The van der Waals surface area contributed by atoms with Gasteiger partial charge in [0.25, 0.3) is 0 Å². The van der Waals surface area contributed by atoms with Gasteiger partial charge in [-0.3, -0.25) is 0 Å². The van der Waals surface area contributed by atoms with Crippen LogP contribution < -0.4 is 5.32 Å². The van der Waals surface area contributed by atoms with Crippen molar-refractivity contribution in [1.82, 2.24) is 5.32 Å². The van der Waals surface area contributed by atoms with E-state index < -0.39 is 0 Å². The van der Waals surface area contributed by atoms with Gasteiger partial charge in [-0.05, 0) is 70.6 Å². The third-order valence-electron chi connectivity index (χ3n) is 3.88. The standard InChI is InChI=1S/C16H25NO/c1-11-8-12(6-7-14(11)18)13-9-15(2,3)17-16(4,5)10-13/h6-8,13,17-18H,9-10H2,1-5H3. The second-order valence-corrected chi connectivity index (χ2v) is 7.04. The Bertz CT molecular complexity index is 432. The molecular weight excluding hydrogens is 222 g/mol. The fraction of sp³-hybridized carbons (Fsp3) is 0.625. The lowest BCUT2D eigenvalue weighted by molar-refractivity contribution is 0.162. The van der Waals surface area contributed by atoms with E-state index in [0.717, 1.165) is 18.4 Å². The highest BCUT2D eigenvalue weighted by molar-refractivity contribution is 5.37. The maximum atomic E-state index is 9.64. The van der Waals surface area contributed by atoms with Crippen molar-refractivity contribution >= 4 is 0 Å². The predicted octanol–water partition coefficient (Wildman–Crippen LogP) is 3.72. The highest BCUT2D eigenvalue weighted by Gasteiger charge is 2.38. The van der Waals surface area contributed by atoms with Gasteiger partial charge < -0.3 is 10.4 Å². The van der Waals surface area contributed by atoms with Crippen LogP contribution in [0.15, 0.2) is 18.2 Å². The van der Waals surface area contributed by atoms with Gasteiger partial charge in [-0.2, -0.15) is 0 Å². The molecule has 2 N–H and O–H groups in total. The molecule has 1 aromatic rings. The topological polar surface area (TPSA) is 32.3 Å². The van der Waals surface area contributed by atoms with E-state index in [1.165, 1.54) is 5.56 Å². The Labute approximate surface area is 110 Å². The number of benzene rings is 1. The average Bonchev–Trinajstić information content (AvgIpc) is 2.17. The van der Waals surface area contributed by atoms with Crippen LogP contribution in [0.5, 0.6) is 5.75 Å². The molecule has 0 radical (unpaired) electrons. The van der Waals surface area contributed by atoms with Crippen LogP contribution in [0, 0.1) is 6.92 Å². The number of aromatic hydroxyl groups is 1. The number of piperidine rings is 1. The Hall–Kier alpha value is -1.02. The second kappa shape index (κ2) is 4.27. The Balaban J connectivity index is 2.29. The molecule has 2 heteroatoms. The van der Waals surface area contributed by atoms with Crippen LogP contribution in [0.4, 0.5) is 0 Å². The molecule has 0 amide bonds. The highest BCUT2D eigenvalue weighted by Crippen LogP contribution is 2.39. The summed E-state index contributed by atoms with van der Waals surface area (Å²) in [4.78, 5) is 0. The predicted molar refractivity (Wildman–Crippen MR) is 76.1 cm³/mol. The molecule has 1 saturated heterocycles. The van der Waals surface area contributed by atoms with Crippen molar-refractivity contribution in [1.29, 1.82) is 0 Å². The Morgan fingerprint density at radius 2 is 1.67 bits per heavy atom. The first-order valence-corrected chi connectivity index (χ1v) is 6.77. The molecule has 1 aliphatic rings.